The van der Waals surface area contributed by atoms with Crippen molar-refractivity contribution in [3.8, 4) is 5.75 Å². The van der Waals surface area contributed by atoms with E-state index in [9.17, 15) is 4.79 Å². The first-order valence-electron chi connectivity index (χ1n) is 6.33. The van der Waals surface area contributed by atoms with Crippen LogP contribution in [0.25, 0.3) is 0 Å². The summed E-state index contributed by atoms with van der Waals surface area (Å²) >= 11 is 0. The second-order valence-electron chi connectivity index (χ2n) is 4.36. The lowest BCUT2D eigenvalue weighted by molar-refractivity contribution is 0.236. The molecule has 1 aromatic carbocycles. The normalized spacial score (nSPS) is 11.7. The van der Waals surface area contributed by atoms with Crippen LogP contribution in [0.2, 0.25) is 0 Å². The molecule has 0 aliphatic rings. The van der Waals surface area contributed by atoms with Gasteiger partial charge in [0, 0.05) is 12.6 Å². The van der Waals surface area contributed by atoms with Crippen molar-refractivity contribution in [3.63, 3.8) is 0 Å². The highest BCUT2D eigenvalue weighted by molar-refractivity contribution is 5.74. The van der Waals surface area contributed by atoms with Gasteiger partial charge < -0.3 is 15.4 Å². The summed E-state index contributed by atoms with van der Waals surface area (Å²) in [6.45, 7) is 4.64. The molecule has 0 aliphatic heterocycles. The van der Waals surface area contributed by atoms with Crippen molar-refractivity contribution in [1.82, 2.24) is 10.6 Å². The largest absolute Gasteiger partial charge is 0.497 e. The molecule has 1 atom stereocenters. The number of carbonyl (C=O) groups is 1. The predicted octanol–water partition coefficient (Wildman–Crippen LogP) is 2.68. The Morgan fingerprint density at radius 2 is 2.00 bits per heavy atom. The van der Waals surface area contributed by atoms with Crippen molar-refractivity contribution in [2.24, 2.45) is 0 Å². The van der Waals surface area contributed by atoms with E-state index in [1.165, 1.54) is 0 Å². The summed E-state index contributed by atoms with van der Waals surface area (Å²) in [7, 11) is 1.63. The Bertz CT molecular complexity index is 363. The Kier molecular flexibility index (Phi) is 6.05. The van der Waals surface area contributed by atoms with Gasteiger partial charge in [0.15, 0.2) is 0 Å². The summed E-state index contributed by atoms with van der Waals surface area (Å²) in [6, 6.07) is 7.74. The van der Waals surface area contributed by atoms with Crippen LogP contribution in [0.5, 0.6) is 5.75 Å². The van der Waals surface area contributed by atoms with Crippen LogP contribution in [0, 0.1) is 0 Å². The first kappa shape index (κ1) is 14.4. The van der Waals surface area contributed by atoms with Gasteiger partial charge in [-0.3, -0.25) is 0 Å². The molecule has 2 N–H and O–H groups in total. The lowest BCUT2D eigenvalue weighted by atomic mass is 10.2. The van der Waals surface area contributed by atoms with Crippen molar-refractivity contribution in [1.29, 1.82) is 0 Å². The highest BCUT2D eigenvalue weighted by Gasteiger charge is 2.05. The summed E-state index contributed by atoms with van der Waals surface area (Å²) < 4.78 is 5.07. The molecule has 100 valence electrons. The molecule has 18 heavy (non-hydrogen) atoms. The number of nitrogens with one attached hydrogen (secondary N) is 2. The van der Waals surface area contributed by atoms with Gasteiger partial charge in [-0.1, -0.05) is 25.5 Å². The smallest absolute Gasteiger partial charge is 0.315 e. The van der Waals surface area contributed by atoms with Crippen LogP contribution in [0.1, 0.15) is 32.3 Å². The van der Waals surface area contributed by atoms with Gasteiger partial charge in [0.1, 0.15) is 5.75 Å². The molecule has 4 nitrogen and oxygen atoms in total. The number of amides is 2. The van der Waals surface area contributed by atoms with Crippen LogP contribution >= 0.6 is 0 Å². The van der Waals surface area contributed by atoms with Crippen molar-refractivity contribution in [2.45, 2.75) is 39.3 Å². The Hall–Kier alpha value is -1.71. The number of hydrogen-bond acceptors (Lipinski definition) is 2. The monoisotopic (exact) mass is 250 g/mol. The summed E-state index contributed by atoms with van der Waals surface area (Å²) in [5.74, 6) is 0.819. The molecule has 0 aromatic heterocycles. The van der Waals surface area contributed by atoms with E-state index in [0.717, 1.165) is 24.2 Å². The summed E-state index contributed by atoms with van der Waals surface area (Å²) in [6.07, 6.45) is 2.07. The average molecular weight is 250 g/mol. The minimum atomic E-state index is -0.119. The SMILES string of the molecule is CCC[C@@H](C)NC(=O)NCc1ccc(OC)cc1. The molecular weight excluding hydrogens is 228 g/mol. The third kappa shape index (κ3) is 5.08. The van der Waals surface area contributed by atoms with Crippen LogP contribution in [0.3, 0.4) is 0 Å². The van der Waals surface area contributed by atoms with Crippen LogP contribution in [-0.2, 0) is 6.54 Å². The van der Waals surface area contributed by atoms with Gasteiger partial charge in [-0.25, -0.2) is 4.79 Å². The van der Waals surface area contributed by atoms with Crippen molar-refractivity contribution < 1.29 is 9.53 Å². The van der Waals surface area contributed by atoms with E-state index < -0.39 is 0 Å². The van der Waals surface area contributed by atoms with E-state index in [1.807, 2.05) is 31.2 Å². The Balaban J connectivity index is 2.33. The molecule has 0 saturated heterocycles. The third-order valence-electron chi connectivity index (χ3n) is 2.71. The van der Waals surface area contributed by atoms with E-state index in [1.54, 1.807) is 7.11 Å². The van der Waals surface area contributed by atoms with E-state index in [-0.39, 0.29) is 12.1 Å². The van der Waals surface area contributed by atoms with Gasteiger partial charge >= 0.3 is 6.03 Å². The average Bonchev–Trinajstić information content (AvgIpc) is 2.37. The number of ether oxygens (including phenoxy) is 1. The zero-order valence-electron chi connectivity index (χ0n) is 11.3. The molecule has 1 aromatic rings. The topological polar surface area (TPSA) is 50.4 Å². The molecule has 0 spiro atoms. The Labute approximate surface area is 109 Å². The summed E-state index contributed by atoms with van der Waals surface area (Å²) in [5, 5.41) is 5.73. The second-order valence-corrected chi connectivity index (χ2v) is 4.36. The molecule has 0 saturated carbocycles. The van der Waals surface area contributed by atoms with Gasteiger partial charge in [-0.15, -0.1) is 0 Å². The Morgan fingerprint density at radius 1 is 1.33 bits per heavy atom. The van der Waals surface area contributed by atoms with Gasteiger partial charge in [-0.2, -0.15) is 0 Å². The van der Waals surface area contributed by atoms with E-state index >= 15 is 0 Å². The standard InChI is InChI=1S/C14H22N2O2/c1-4-5-11(2)16-14(17)15-10-12-6-8-13(18-3)9-7-12/h6-9,11H,4-5,10H2,1-3H3,(H2,15,16,17)/t11-/m1/s1. The highest BCUT2D eigenvalue weighted by Crippen LogP contribution is 2.10. The van der Waals surface area contributed by atoms with Gasteiger partial charge in [0.05, 0.1) is 7.11 Å². The molecule has 0 unspecified atom stereocenters. The fraction of sp³-hybridized carbons (Fsp3) is 0.500. The molecule has 0 fully saturated rings. The molecule has 2 amide bonds. The van der Waals surface area contributed by atoms with Crippen LogP contribution in [-0.4, -0.2) is 19.2 Å². The number of methoxy groups -OCH3 is 1. The van der Waals surface area contributed by atoms with Crippen LogP contribution in [0.15, 0.2) is 24.3 Å². The maximum absolute atomic E-state index is 11.6. The molecule has 0 radical (unpaired) electrons. The fourth-order valence-electron chi connectivity index (χ4n) is 1.71. The van der Waals surface area contributed by atoms with Crippen molar-refractivity contribution in [2.75, 3.05) is 7.11 Å². The number of benzene rings is 1. The van der Waals surface area contributed by atoms with Crippen LogP contribution in [0.4, 0.5) is 4.79 Å². The van der Waals surface area contributed by atoms with E-state index in [2.05, 4.69) is 17.6 Å². The van der Waals surface area contributed by atoms with E-state index in [4.69, 9.17) is 4.74 Å². The molecule has 4 heteroatoms. The minimum absolute atomic E-state index is 0.119. The maximum atomic E-state index is 11.6. The van der Waals surface area contributed by atoms with Crippen molar-refractivity contribution >= 4 is 6.03 Å². The molecular formula is C14H22N2O2. The zero-order valence-corrected chi connectivity index (χ0v) is 11.3. The zero-order chi connectivity index (χ0) is 13.4. The first-order chi connectivity index (χ1) is 8.65. The van der Waals surface area contributed by atoms with Gasteiger partial charge in [-0.05, 0) is 31.0 Å². The van der Waals surface area contributed by atoms with Crippen LogP contribution < -0.4 is 15.4 Å². The Morgan fingerprint density at radius 3 is 2.56 bits per heavy atom. The number of hydrogen-bond donors (Lipinski definition) is 2. The molecule has 0 heterocycles. The van der Waals surface area contributed by atoms with Crippen molar-refractivity contribution in [3.05, 3.63) is 29.8 Å². The van der Waals surface area contributed by atoms with Gasteiger partial charge in [0.2, 0.25) is 0 Å². The maximum Gasteiger partial charge on any atom is 0.315 e. The third-order valence-corrected chi connectivity index (χ3v) is 2.71. The van der Waals surface area contributed by atoms with E-state index in [0.29, 0.717) is 6.54 Å². The fourth-order valence-corrected chi connectivity index (χ4v) is 1.71. The quantitative estimate of drug-likeness (QED) is 0.815. The first-order valence-corrected chi connectivity index (χ1v) is 6.33. The molecule has 0 bridgehead atoms. The molecule has 0 aliphatic carbocycles. The lowest BCUT2D eigenvalue weighted by Crippen LogP contribution is -2.40. The molecule has 1 rings (SSSR count). The summed E-state index contributed by atoms with van der Waals surface area (Å²) in [5.41, 5.74) is 1.05. The van der Waals surface area contributed by atoms with Gasteiger partial charge in [0.25, 0.3) is 0 Å². The number of rotatable bonds is 6. The minimum Gasteiger partial charge on any atom is -0.497 e. The summed E-state index contributed by atoms with van der Waals surface area (Å²) in [4.78, 5) is 11.6. The number of urea groups is 1. The second kappa shape index (κ2) is 7.58. The predicted molar refractivity (Wildman–Crippen MR) is 72.7 cm³/mol. The number of carbonyl (C=O) groups excluding carboxylic acids is 1. The lowest BCUT2D eigenvalue weighted by Gasteiger charge is -2.13. The highest BCUT2D eigenvalue weighted by atomic mass is 16.5.